The Morgan fingerprint density at radius 1 is 0.917 bits per heavy atom. The Morgan fingerprint density at radius 2 is 1.53 bits per heavy atom. The van der Waals surface area contributed by atoms with Crippen LogP contribution < -0.4 is 10.6 Å². The first kappa shape index (κ1) is 28.6. The van der Waals surface area contributed by atoms with Crippen molar-refractivity contribution in [3.05, 3.63) is 71.8 Å². The van der Waals surface area contributed by atoms with Crippen molar-refractivity contribution in [2.75, 3.05) is 19.6 Å². The highest BCUT2D eigenvalue weighted by atomic mass is 16.6. The van der Waals surface area contributed by atoms with Crippen molar-refractivity contribution in [2.45, 2.75) is 58.4 Å². The Hall–Kier alpha value is -3.59. The molecule has 0 spiro atoms. The number of nitrogens with zero attached hydrogens (tertiary/aromatic N) is 1. The minimum Gasteiger partial charge on any atom is -0.480 e. The molecule has 9 nitrogen and oxygen atoms in total. The molecule has 2 rings (SSSR count). The van der Waals surface area contributed by atoms with Crippen LogP contribution in [0.4, 0.5) is 9.59 Å². The first-order valence-corrected chi connectivity index (χ1v) is 12.1. The maximum Gasteiger partial charge on any atom is 0.408 e. The first-order chi connectivity index (χ1) is 17.1. The molecule has 9 heteroatoms. The number of rotatable bonds is 13. The van der Waals surface area contributed by atoms with E-state index in [9.17, 15) is 19.5 Å². The van der Waals surface area contributed by atoms with E-state index in [2.05, 4.69) is 15.5 Å². The van der Waals surface area contributed by atoms with Gasteiger partial charge in [-0.15, -0.1) is 0 Å². The summed E-state index contributed by atoms with van der Waals surface area (Å²) < 4.78 is 10.4. The normalized spacial score (nSPS) is 12.0. The molecule has 0 saturated carbocycles. The molecule has 36 heavy (non-hydrogen) atoms. The summed E-state index contributed by atoms with van der Waals surface area (Å²) in [5.41, 5.74) is 1.30. The number of hydrogen-bond donors (Lipinski definition) is 3. The van der Waals surface area contributed by atoms with E-state index in [0.717, 1.165) is 11.1 Å². The van der Waals surface area contributed by atoms with Gasteiger partial charge in [-0.2, -0.15) is 0 Å². The van der Waals surface area contributed by atoms with E-state index in [1.54, 1.807) is 20.8 Å². The van der Waals surface area contributed by atoms with Crippen LogP contribution >= 0.6 is 0 Å². The maximum atomic E-state index is 12.1. The van der Waals surface area contributed by atoms with Crippen molar-refractivity contribution in [2.24, 2.45) is 0 Å². The second kappa shape index (κ2) is 14.7. The lowest BCUT2D eigenvalue weighted by atomic mass is 10.1. The van der Waals surface area contributed by atoms with Crippen molar-refractivity contribution in [3.63, 3.8) is 0 Å². The summed E-state index contributed by atoms with van der Waals surface area (Å²) in [6.45, 7) is 7.49. The van der Waals surface area contributed by atoms with Crippen LogP contribution in [0.2, 0.25) is 0 Å². The lowest BCUT2D eigenvalue weighted by Crippen LogP contribution is -2.44. The topological polar surface area (TPSA) is 117 Å². The second-order valence-electron chi connectivity index (χ2n) is 9.43. The molecule has 0 aromatic heterocycles. The zero-order chi connectivity index (χ0) is 26.4. The number of alkyl carbamates (subject to hydrolysis) is 2. The number of carboxylic acid groups (broad SMARTS) is 1. The molecule has 0 heterocycles. The molecule has 0 aliphatic carbocycles. The molecule has 0 radical (unpaired) electrons. The highest BCUT2D eigenvalue weighted by Crippen LogP contribution is 2.10. The van der Waals surface area contributed by atoms with Crippen molar-refractivity contribution in [3.8, 4) is 0 Å². The van der Waals surface area contributed by atoms with Gasteiger partial charge in [-0.3, -0.25) is 4.90 Å². The van der Waals surface area contributed by atoms with Gasteiger partial charge in [0.05, 0.1) is 0 Å². The average Bonchev–Trinajstić information content (AvgIpc) is 2.82. The smallest absolute Gasteiger partial charge is 0.408 e. The SMILES string of the molecule is CC(C)(C)OC(=O)N[C@@H](CCCN(CCNC(=O)OCc1ccccc1)Cc1ccccc1)C(=O)O. The Morgan fingerprint density at radius 3 is 2.11 bits per heavy atom. The summed E-state index contributed by atoms with van der Waals surface area (Å²) in [4.78, 5) is 37.8. The zero-order valence-electron chi connectivity index (χ0n) is 21.2. The summed E-state index contributed by atoms with van der Waals surface area (Å²) in [5, 5.41) is 14.7. The van der Waals surface area contributed by atoms with Gasteiger partial charge >= 0.3 is 18.2 Å². The van der Waals surface area contributed by atoms with Gasteiger partial charge in [0.15, 0.2) is 0 Å². The molecule has 0 saturated heterocycles. The third kappa shape index (κ3) is 12.2. The largest absolute Gasteiger partial charge is 0.480 e. The van der Waals surface area contributed by atoms with E-state index in [1.807, 2.05) is 60.7 Å². The lowest BCUT2D eigenvalue weighted by molar-refractivity contribution is -0.139. The number of benzene rings is 2. The van der Waals surface area contributed by atoms with Gasteiger partial charge in [0, 0.05) is 19.6 Å². The molecular weight excluding hydrogens is 462 g/mol. The van der Waals surface area contributed by atoms with E-state index in [4.69, 9.17) is 9.47 Å². The minimum atomic E-state index is -1.11. The molecule has 3 N–H and O–H groups in total. The standard InChI is InChI=1S/C27H37N3O6/c1-27(2,3)36-26(34)29-23(24(31)32)15-10-17-30(19-21-11-6-4-7-12-21)18-16-28-25(33)35-20-22-13-8-5-9-14-22/h4-9,11-14,23H,10,15-20H2,1-3H3,(H,28,33)(H,29,34)(H,31,32)/t23-/m0/s1. The van der Waals surface area contributed by atoms with Gasteiger partial charge in [-0.05, 0) is 51.3 Å². The molecule has 0 bridgehead atoms. The molecule has 0 aliphatic heterocycles. The number of hydrogen-bond acceptors (Lipinski definition) is 6. The van der Waals surface area contributed by atoms with E-state index in [-0.39, 0.29) is 13.0 Å². The minimum absolute atomic E-state index is 0.196. The van der Waals surface area contributed by atoms with Gasteiger partial charge < -0.3 is 25.2 Å². The number of carbonyl (C=O) groups excluding carboxylic acids is 2. The number of nitrogens with one attached hydrogen (secondary N) is 2. The molecule has 2 aromatic rings. The fourth-order valence-electron chi connectivity index (χ4n) is 3.43. The van der Waals surface area contributed by atoms with Gasteiger partial charge in [0.1, 0.15) is 18.2 Å². The molecule has 2 aromatic carbocycles. The molecule has 1 atom stereocenters. The van der Waals surface area contributed by atoms with E-state index < -0.39 is 29.8 Å². The molecule has 0 aliphatic rings. The predicted molar refractivity (Wildman–Crippen MR) is 136 cm³/mol. The van der Waals surface area contributed by atoms with Crippen molar-refractivity contribution in [1.29, 1.82) is 0 Å². The number of carbonyl (C=O) groups is 3. The number of carboxylic acids is 1. The van der Waals surface area contributed by atoms with Gasteiger partial charge in [0.25, 0.3) is 0 Å². The summed E-state index contributed by atoms with van der Waals surface area (Å²) in [6.07, 6.45) is -0.481. The van der Waals surface area contributed by atoms with Crippen LogP contribution in [-0.2, 0) is 27.4 Å². The third-order valence-corrected chi connectivity index (χ3v) is 5.12. The van der Waals surface area contributed by atoms with Crippen LogP contribution in [0, 0.1) is 0 Å². The first-order valence-electron chi connectivity index (χ1n) is 12.1. The lowest BCUT2D eigenvalue weighted by Gasteiger charge is -2.24. The third-order valence-electron chi connectivity index (χ3n) is 5.12. The molecule has 196 valence electrons. The molecule has 2 amide bonds. The van der Waals surface area contributed by atoms with Crippen LogP contribution in [0.1, 0.15) is 44.7 Å². The highest BCUT2D eigenvalue weighted by Gasteiger charge is 2.24. The van der Waals surface area contributed by atoms with E-state index in [1.165, 1.54) is 0 Å². The van der Waals surface area contributed by atoms with Crippen LogP contribution in [0.25, 0.3) is 0 Å². The average molecular weight is 500 g/mol. The predicted octanol–water partition coefficient (Wildman–Crippen LogP) is 4.17. The van der Waals surface area contributed by atoms with Crippen LogP contribution in [0.3, 0.4) is 0 Å². The van der Waals surface area contributed by atoms with Gasteiger partial charge in [-0.1, -0.05) is 60.7 Å². The number of ether oxygens (including phenoxy) is 2. The van der Waals surface area contributed by atoms with E-state index in [0.29, 0.717) is 32.6 Å². The Balaban J connectivity index is 1.84. The zero-order valence-corrected chi connectivity index (χ0v) is 21.2. The Bertz CT molecular complexity index is 947. The summed E-state index contributed by atoms with van der Waals surface area (Å²) in [5.74, 6) is -1.11. The van der Waals surface area contributed by atoms with Crippen LogP contribution in [0.15, 0.2) is 60.7 Å². The maximum absolute atomic E-state index is 12.1. The highest BCUT2D eigenvalue weighted by molar-refractivity contribution is 5.79. The molecule has 0 unspecified atom stereocenters. The number of amides is 2. The quantitative estimate of drug-likeness (QED) is 0.379. The van der Waals surface area contributed by atoms with Gasteiger partial charge in [-0.25, -0.2) is 14.4 Å². The Kier molecular flexibility index (Phi) is 11.7. The fourth-order valence-corrected chi connectivity index (χ4v) is 3.43. The second-order valence-corrected chi connectivity index (χ2v) is 9.43. The van der Waals surface area contributed by atoms with E-state index >= 15 is 0 Å². The summed E-state index contributed by atoms with van der Waals surface area (Å²) >= 11 is 0. The molecular formula is C27H37N3O6. The summed E-state index contributed by atoms with van der Waals surface area (Å²) in [6, 6.07) is 18.3. The van der Waals surface area contributed by atoms with Crippen LogP contribution in [-0.4, -0.2) is 59.4 Å². The summed E-state index contributed by atoms with van der Waals surface area (Å²) in [7, 11) is 0. The molecule has 0 fully saturated rings. The van der Waals surface area contributed by atoms with Crippen LogP contribution in [0.5, 0.6) is 0 Å². The van der Waals surface area contributed by atoms with Crippen molar-refractivity contribution >= 4 is 18.2 Å². The Labute approximate surface area is 212 Å². The van der Waals surface area contributed by atoms with Crippen molar-refractivity contribution in [1.82, 2.24) is 15.5 Å². The number of aliphatic carboxylic acids is 1. The van der Waals surface area contributed by atoms with Gasteiger partial charge in [0.2, 0.25) is 0 Å². The monoisotopic (exact) mass is 499 g/mol. The fraction of sp³-hybridized carbons (Fsp3) is 0.444. The van der Waals surface area contributed by atoms with Crippen molar-refractivity contribution < 1.29 is 29.0 Å².